The van der Waals surface area contributed by atoms with Crippen LogP contribution in [0.25, 0.3) is 5.69 Å². The van der Waals surface area contributed by atoms with Crippen LogP contribution in [-0.2, 0) is 0 Å². The average molecular weight is 288 g/mol. The van der Waals surface area contributed by atoms with E-state index in [0.29, 0.717) is 9.71 Å². The van der Waals surface area contributed by atoms with Gasteiger partial charge in [-0.3, -0.25) is 0 Å². The lowest BCUT2D eigenvalue weighted by Gasteiger charge is -1.99. The third-order valence-electron chi connectivity index (χ3n) is 1.92. The zero-order valence-corrected chi connectivity index (χ0v) is 11.1. The number of aromatic nitrogens is 2. The van der Waals surface area contributed by atoms with E-state index in [-0.39, 0.29) is 12.4 Å². The average Bonchev–Trinajstić information content (AvgIpc) is 2.69. The van der Waals surface area contributed by atoms with Gasteiger partial charge in [-0.2, -0.15) is 0 Å². The molecular formula is C10H9FN2OS3. The predicted molar refractivity (Wildman–Crippen MR) is 70.0 cm³/mol. The lowest BCUT2D eigenvalue weighted by atomic mass is 10.3. The van der Waals surface area contributed by atoms with E-state index >= 15 is 0 Å². The fourth-order valence-electron chi connectivity index (χ4n) is 1.20. The molecular weight excluding hydrogens is 279 g/mol. The molecule has 0 bridgehead atoms. The maximum atomic E-state index is 12.8. The largest absolute Gasteiger partial charge is 0.396 e. The molecule has 0 unspecified atom stereocenters. The maximum Gasteiger partial charge on any atom is 0.184 e. The first-order valence-corrected chi connectivity index (χ1v) is 7.01. The highest BCUT2D eigenvalue weighted by atomic mass is 32.2. The van der Waals surface area contributed by atoms with Gasteiger partial charge in [0.25, 0.3) is 0 Å². The molecule has 90 valence electrons. The summed E-state index contributed by atoms with van der Waals surface area (Å²) in [5.74, 6) is 0.302. The smallest absolute Gasteiger partial charge is 0.184 e. The van der Waals surface area contributed by atoms with Crippen molar-refractivity contribution in [3.8, 4) is 5.69 Å². The second kappa shape index (κ2) is 5.72. The molecule has 2 aromatic rings. The van der Waals surface area contributed by atoms with Crippen LogP contribution >= 0.6 is 35.3 Å². The van der Waals surface area contributed by atoms with Gasteiger partial charge in [0.15, 0.2) is 8.29 Å². The summed E-state index contributed by atoms with van der Waals surface area (Å²) in [7, 11) is 0. The van der Waals surface area contributed by atoms with Crippen LogP contribution in [0.3, 0.4) is 0 Å². The van der Waals surface area contributed by atoms with Crippen molar-refractivity contribution in [2.24, 2.45) is 0 Å². The highest BCUT2D eigenvalue weighted by molar-refractivity contribution is 8.01. The number of thioether (sulfide) groups is 1. The molecule has 1 N–H and O–H groups in total. The Kier molecular flexibility index (Phi) is 4.27. The Morgan fingerprint density at radius 3 is 2.76 bits per heavy atom. The number of nitrogens with zero attached hydrogens (tertiary/aromatic N) is 2. The van der Waals surface area contributed by atoms with Crippen LogP contribution in [0.15, 0.2) is 28.6 Å². The maximum absolute atomic E-state index is 12.8. The van der Waals surface area contributed by atoms with Crippen LogP contribution in [0.5, 0.6) is 0 Å². The summed E-state index contributed by atoms with van der Waals surface area (Å²) < 4.78 is 15.8. The third-order valence-corrected chi connectivity index (χ3v) is 4.26. The van der Waals surface area contributed by atoms with E-state index in [0.717, 1.165) is 10.0 Å². The van der Waals surface area contributed by atoms with Gasteiger partial charge in [0.2, 0.25) is 0 Å². The monoisotopic (exact) mass is 288 g/mol. The normalized spacial score (nSPS) is 10.7. The summed E-state index contributed by atoms with van der Waals surface area (Å²) in [5, 5.41) is 13.0. The van der Waals surface area contributed by atoms with E-state index in [9.17, 15) is 4.39 Å². The van der Waals surface area contributed by atoms with Gasteiger partial charge in [-0.15, -0.1) is 5.10 Å². The zero-order chi connectivity index (χ0) is 12.3. The molecule has 0 saturated carbocycles. The number of hydrogen-bond donors (Lipinski definition) is 1. The van der Waals surface area contributed by atoms with Gasteiger partial charge in [0.05, 0.1) is 12.3 Å². The number of halogens is 1. The summed E-state index contributed by atoms with van der Waals surface area (Å²) in [6.45, 7) is 0.105. The number of hydrogen-bond acceptors (Lipinski definition) is 5. The standard InChI is InChI=1S/C10H9FN2OS3/c11-7-1-3-8(4-2-7)13-10(15)17-9(12-13)16-6-5-14/h1-4,14H,5-6H2. The van der Waals surface area contributed by atoms with Gasteiger partial charge >= 0.3 is 0 Å². The SMILES string of the molecule is OCCSc1nn(-c2ccc(F)cc2)c(=S)s1. The molecule has 0 fully saturated rings. The molecule has 0 amide bonds. The predicted octanol–water partition coefficient (Wildman–Crippen LogP) is 2.89. The van der Waals surface area contributed by atoms with Crippen molar-refractivity contribution in [2.75, 3.05) is 12.4 Å². The second-order valence-corrected chi connectivity index (χ2v) is 6.06. The van der Waals surface area contributed by atoms with Crippen molar-refractivity contribution in [3.05, 3.63) is 34.0 Å². The first kappa shape index (κ1) is 12.7. The minimum atomic E-state index is -0.287. The molecule has 0 spiro atoms. The molecule has 1 aromatic heterocycles. The zero-order valence-electron chi connectivity index (χ0n) is 8.67. The summed E-state index contributed by atoms with van der Waals surface area (Å²) in [4.78, 5) is 0. The van der Waals surface area contributed by atoms with Crippen LogP contribution in [0.2, 0.25) is 0 Å². The fourth-order valence-corrected chi connectivity index (χ4v) is 3.37. The van der Waals surface area contributed by atoms with Gasteiger partial charge in [-0.05, 0) is 36.5 Å². The molecule has 0 saturated heterocycles. The quantitative estimate of drug-likeness (QED) is 0.693. The highest BCUT2D eigenvalue weighted by Crippen LogP contribution is 2.23. The number of aliphatic hydroxyl groups excluding tert-OH is 1. The summed E-state index contributed by atoms with van der Waals surface area (Å²) >= 11 is 8.01. The number of benzene rings is 1. The first-order valence-electron chi connectivity index (χ1n) is 4.80. The molecule has 0 atom stereocenters. The van der Waals surface area contributed by atoms with Crippen molar-refractivity contribution in [1.29, 1.82) is 0 Å². The third kappa shape index (κ3) is 3.12. The van der Waals surface area contributed by atoms with Gasteiger partial charge < -0.3 is 5.11 Å². The molecule has 17 heavy (non-hydrogen) atoms. The number of aliphatic hydroxyl groups is 1. The molecule has 0 aliphatic heterocycles. The summed E-state index contributed by atoms with van der Waals surface area (Å²) in [6.07, 6.45) is 0. The molecule has 7 heteroatoms. The molecule has 1 heterocycles. The van der Waals surface area contributed by atoms with Crippen LogP contribution in [0.1, 0.15) is 0 Å². The molecule has 0 aliphatic rings. The van der Waals surface area contributed by atoms with Crippen molar-refractivity contribution in [1.82, 2.24) is 9.78 Å². The Morgan fingerprint density at radius 2 is 2.12 bits per heavy atom. The molecule has 0 radical (unpaired) electrons. The molecule has 0 aliphatic carbocycles. The Morgan fingerprint density at radius 1 is 1.41 bits per heavy atom. The van der Waals surface area contributed by atoms with Gasteiger partial charge in [-0.1, -0.05) is 23.1 Å². The second-order valence-electron chi connectivity index (χ2n) is 3.09. The van der Waals surface area contributed by atoms with Crippen molar-refractivity contribution >= 4 is 35.3 Å². The van der Waals surface area contributed by atoms with Crippen molar-refractivity contribution in [3.63, 3.8) is 0 Å². The van der Waals surface area contributed by atoms with E-state index in [1.54, 1.807) is 16.8 Å². The van der Waals surface area contributed by atoms with E-state index in [4.69, 9.17) is 17.3 Å². The Bertz CT molecular complexity index is 549. The highest BCUT2D eigenvalue weighted by Gasteiger charge is 2.06. The van der Waals surface area contributed by atoms with Crippen LogP contribution in [0.4, 0.5) is 4.39 Å². The van der Waals surface area contributed by atoms with Crippen LogP contribution in [0, 0.1) is 9.77 Å². The Balaban J connectivity index is 2.29. The topological polar surface area (TPSA) is 38.1 Å². The fraction of sp³-hybridized carbons (Fsp3) is 0.200. The van der Waals surface area contributed by atoms with E-state index < -0.39 is 0 Å². The van der Waals surface area contributed by atoms with Crippen molar-refractivity contribution < 1.29 is 9.50 Å². The minimum Gasteiger partial charge on any atom is -0.396 e. The van der Waals surface area contributed by atoms with E-state index in [1.165, 1.54) is 35.2 Å². The lowest BCUT2D eigenvalue weighted by molar-refractivity contribution is 0.322. The summed E-state index contributed by atoms with van der Waals surface area (Å²) in [5.41, 5.74) is 0.739. The van der Waals surface area contributed by atoms with Gasteiger partial charge in [0, 0.05) is 5.75 Å². The molecule has 3 nitrogen and oxygen atoms in total. The Hall–Kier alpha value is -0.760. The van der Waals surface area contributed by atoms with Gasteiger partial charge in [-0.25, -0.2) is 9.07 Å². The van der Waals surface area contributed by atoms with E-state index in [2.05, 4.69) is 5.10 Å². The Labute approximate surface area is 111 Å². The lowest BCUT2D eigenvalue weighted by Crippen LogP contribution is -1.96. The minimum absolute atomic E-state index is 0.105. The van der Waals surface area contributed by atoms with E-state index in [1.807, 2.05) is 0 Å². The van der Waals surface area contributed by atoms with Crippen molar-refractivity contribution in [2.45, 2.75) is 4.34 Å². The van der Waals surface area contributed by atoms with Crippen LogP contribution in [-0.4, -0.2) is 27.2 Å². The van der Waals surface area contributed by atoms with Crippen LogP contribution < -0.4 is 0 Å². The molecule has 2 rings (SSSR count). The van der Waals surface area contributed by atoms with Gasteiger partial charge in [0.1, 0.15) is 5.82 Å². The first-order chi connectivity index (χ1) is 8.20. The summed E-state index contributed by atoms with van der Waals surface area (Å²) in [6, 6.07) is 6.00. The number of rotatable bonds is 4. The molecule has 1 aromatic carbocycles.